The van der Waals surface area contributed by atoms with Gasteiger partial charge in [0.1, 0.15) is 17.1 Å². The van der Waals surface area contributed by atoms with E-state index >= 15 is 0 Å². The van der Waals surface area contributed by atoms with Crippen LogP contribution in [0.5, 0.6) is 5.75 Å². The zero-order chi connectivity index (χ0) is 15.6. The zero-order valence-electron chi connectivity index (χ0n) is 12.3. The number of hydrogen-bond donors (Lipinski definition) is 3. The number of aromatic nitrogens is 2. The second-order valence-corrected chi connectivity index (χ2v) is 4.73. The largest absolute Gasteiger partial charge is 0.495 e. The highest BCUT2D eigenvalue weighted by Crippen LogP contribution is 2.23. The number of hydrogen-bond acceptors (Lipinski definition) is 5. The first-order valence-corrected chi connectivity index (χ1v) is 6.43. The van der Waals surface area contributed by atoms with Crippen LogP contribution in [0, 0.1) is 6.92 Å². The van der Waals surface area contributed by atoms with E-state index in [1.54, 1.807) is 31.8 Å². The summed E-state index contributed by atoms with van der Waals surface area (Å²) >= 11 is 0. The Hall–Kier alpha value is -2.70. The fourth-order valence-corrected chi connectivity index (χ4v) is 2.24. The van der Waals surface area contributed by atoms with Crippen molar-refractivity contribution >= 4 is 17.4 Å². The van der Waals surface area contributed by atoms with E-state index in [4.69, 9.17) is 16.2 Å². The van der Waals surface area contributed by atoms with Gasteiger partial charge < -0.3 is 21.5 Å². The van der Waals surface area contributed by atoms with Gasteiger partial charge in [0.15, 0.2) is 0 Å². The topological polar surface area (TPSA) is 108 Å². The number of nitrogens with zero attached hydrogens (tertiary/aromatic N) is 2. The number of rotatable bonds is 5. The normalized spacial score (nSPS) is 10.4. The van der Waals surface area contributed by atoms with E-state index in [9.17, 15) is 4.79 Å². The van der Waals surface area contributed by atoms with Crippen molar-refractivity contribution < 1.29 is 9.53 Å². The summed E-state index contributed by atoms with van der Waals surface area (Å²) in [4.78, 5) is 11.5. The number of nitrogen functional groups attached to an aromatic ring is 1. The number of nitrogens with two attached hydrogens (primary N) is 2. The second-order valence-electron chi connectivity index (χ2n) is 4.73. The smallest absolute Gasteiger partial charge is 0.254 e. The molecule has 0 aliphatic carbocycles. The van der Waals surface area contributed by atoms with E-state index in [0.29, 0.717) is 35.1 Å². The number of aryl methyl sites for hydroxylation is 2. The van der Waals surface area contributed by atoms with Crippen molar-refractivity contribution in [3.8, 4) is 5.75 Å². The first-order valence-electron chi connectivity index (χ1n) is 6.43. The lowest BCUT2D eigenvalue weighted by Crippen LogP contribution is -2.15. The van der Waals surface area contributed by atoms with Crippen LogP contribution in [0.15, 0.2) is 18.2 Å². The van der Waals surface area contributed by atoms with Crippen LogP contribution >= 0.6 is 0 Å². The molecule has 0 bridgehead atoms. The average molecular weight is 289 g/mol. The highest BCUT2D eigenvalue weighted by molar-refractivity contribution is 5.98. The third-order valence-corrected chi connectivity index (χ3v) is 3.22. The van der Waals surface area contributed by atoms with E-state index in [0.717, 1.165) is 5.56 Å². The molecule has 1 aromatic heterocycles. The van der Waals surface area contributed by atoms with Crippen molar-refractivity contribution in [3.05, 3.63) is 35.0 Å². The third-order valence-electron chi connectivity index (χ3n) is 3.22. The number of ether oxygens (including phenoxy) is 1. The number of anilines is 2. The van der Waals surface area contributed by atoms with E-state index < -0.39 is 5.91 Å². The second kappa shape index (κ2) is 5.74. The quantitative estimate of drug-likeness (QED) is 0.712. The minimum absolute atomic E-state index is 0.402. The molecule has 5 N–H and O–H groups in total. The standard InChI is InChI=1S/C14H19N5O2/c1-8-12(13(16)20)14(19(2)18-8)17-7-9-4-5-11(21-3)10(15)6-9/h4-6,17H,7,15H2,1-3H3,(H2,16,20). The summed E-state index contributed by atoms with van der Waals surface area (Å²) in [7, 11) is 3.32. The fourth-order valence-electron chi connectivity index (χ4n) is 2.24. The van der Waals surface area contributed by atoms with Crippen LogP contribution in [0.2, 0.25) is 0 Å². The van der Waals surface area contributed by atoms with Crippen LogP contribution in [0.25, 0.3) is 0 Å². The van der Waals surface area contributed by atoms with Crippen LogP contribution < -0.4 is 21.5 Å². The summed E-state index contributed by atoms with van der Waals surface area (Å²) in [6.45, 7) is 2.24. The Labute approximate surface area is 122 Å². The van der Waals surface area contributed by atoms with Gasteiger partial charge in [-0.15, -0.1) is 0 Å². The fraction of sp³-hybridized carbons (Fsp3) is 0.286. The van der Waals surface area contributed by atoms with Crippen LogP contribution in [0.4, 0.5) is 11.5 Å². The summed E-state index contributed by atoms with van der Waals surface area (Å²) in [5, 5.41) is 7.37. The third kappa shape index (κ3) is 2.91. The average Bonchev–Trinajstić information content (AvgIpc) is 2.70. The van der Waals surface area contributed by atoms with E-state index in [1.807, 2.05) is 12.1 Å². The Kier molecular flexibility index (Phi) is 4.02. The Morgan fingerprint density at radius 2 is 2.19 bits per heavy atom. The monoisotopic (exact) mass is 289 g/mol. The number of nitrogens with one attached hydrogen (secondary N) is 1. The van der Waals surface area contributed by atoms with Gasteiger partial charge in [-0.1, -0.05) is 6.07 Å². The Bertz CT molecular complexity index is 678. The van der Waals surface area contributed by atoms with Crippen molar-refractivity contribution in [2.45, 2.75) is 13.5 Å². The molecular formula is C14H19N5O2. The van der Waals surface area contributed by atoms with Crippen molar-refractivity contribution in [1.82, 2.24) is 9.78 Å². The molecule has 0 saturated heterocycles. The molecule has 2 rings (SSSR count). The highest BCUT2D eigenvalue weighted by Gasteiger charge is 2.17. The van der Waals surface area contributed by atoms with Gasteiger partial charge in [0, 0.05) is 13.6 Å². The molecule has 0 unspecified atom stereocenters. The molecule has 7 nitrogen and oxygen atoms in total. The van der Waals surface area contributed by atoms with Crippen molar-refractivity contribution in [2.75, 3.05) is 18.2 Å². The molecule has 1 amide bonds. The number of primary amides is 1. The lowest BCUT2D eigenvalue weighted by atomic mass is 10.1. The molecule has 7 heteroatoms. The predicted octanol–water partition coefficient (Wildman–Crippen LogP) is 1.03. The number of amides is 1. The SMILES string of the molecule is COc1ccc(CNc2c(C(N)=O)c(C)nn2C)cc1N. The maximum absolute atomic E-state index is 11.5. The summed E-state index contributed by atoms with van der Waals surface area (Å²) in [5.41, 5.74) is 13.8. The first kappa shape index (κ1) is 14.7. The molecule has 0 aliphatic rings. The van der Waals surface area contributed by atoms with Crippen molar-refractivity contribution in [1.29, 1.82) is 0 Å². The maximum atomic E-state index is 11.5. The molecule has 21 heavy (non-hydrogen) atoms. The van der Waals surface area contributed by atoms with Crippen LogP contribution in [0.1, 0.15) is 21.6 Å². The van der Waals surface area contributed by atoms with Gasteiger partial charge in [-0.25, -0.2) is 0 Å². The predicted molar refractivity (Wildman–Crippen MR) is 81.2 cm³/mol. The van der Waals surface area contributed by atoms with E-state index in [2.05, 4.69) is 10.4 Å². The molecule has 112 valence electrons. The first-order chi connectivity index (χ1) is 9.93. The maximum Gasteiger partial charge on any atom is 0.254 e. The zero-order valence-corrected chi connectivity index (χ0v) is 12.3. The lowest BCUT2D eigenvalue weighted by Gasteiger charge is -2.10. The molecule has 0 atom stereocenters. The van der Waals surface area contributed by atoms with Crippen molar-refractivity contribution in [3.63, 3.8) is 0 Å². The van der Waals surface area contributed by atoms with Gasteiger partial charge in [0.2, 0.25) is 0 Å². The molecule has 1 aromatic carbocycles. The minimum Gasteiger partial charge on any atom is -0.495 e. The van der Waals surface area contributed by atoms with Gasteiger partial charge in [-0.05, 0) is 24.6 Å². The summed E-state index contributed by atoms with van der Waals surface area (Å²) < 4.78 is 6.71. The molecule has 0 spiro atoms. The highest BCUT2D eigenvalue weighted by atomic mass is 16.5. The van der Waals surface area contributed by atoms with Gasteiger partial charge in [0.05, 0.1) is 18.5 Å². The van der Waals surface area contributed by atoms with E-state index in [1.165, 1.54) is 0 Å². The molecule has 0 saturated carbocycles. The number of carbonyl (C=O) groups is 1. The van der Waals surface area contributed by atoms with E-state index in [-0.39, 0.29) is 0 Å². The summed E-state index contributed by atoms with van der Waals surface area (Å²) in [6.07, 6.45) is 0. The summed E-state index contributed by atoms with van der Waals surface area (Å²) in [5.74, 6) is 0.722. The lowest BCUT2D eigenvalue weighted by molar-refractivity contribution is 0.100. The molecule has 1 heterocycles. The molecule has 2 aromatic rings. The Morgan fingerprint density at radius 1 is 1.48 bits per heavy atom. The van der Waals surface area contributed by atoms with Crippen LogP contribution in [-0.4, -0.2) is 22.8 Å². The van der Waals surface area contributed by atoms with Crippen molar-refractivity contribution in [2.24, 2.45) is 12.8 Å². The number of benzene rings is 1. The Morgan fingerprint density at radius 3 is 2.76 bits per heavy atom. The van der Waals surface area contributed by atoms with Gasteiger partial charge in [0.25, 0.3) is 5.91 Å². The molecule has 0 radical (unpaired) electrons. The molecule has 0 fully saturated rings. The van der Waals surface area contributed by atoms with Crippen LogP contribution in [-0.2, 0) is 13.6 Å². The summed E-state index contributed by atoms with van der Waals surface area (Å²) in [6, 6.07) is 5.52. The van der Waals surface area contributed by atoms with Gasteiger partial charge in [-0.2, -0.15) is 5.10 Å². The van der Waals surface area contributed by atoms with Gasteiger partial charge in [-0.3, -0.25) is 9.48 Å². The van der Waals surface area contributed by atoms with Crippen LogP contribution in [0.3, 0.4) is 0 Å². The molecule has 0 aliphatic heterocycles. The number of carbonyl (C=O) groups excluding carboxylic acids is 1. The minimum atomic E-state index is -0.502. The van der Waals surface area contributed by atoms with Gasteiger partial charge >= 0.3 is 0 Å². The Balaban J connectivity index is 2.20. The molecular weight excluding hydrogens is 270 g/mol. The number of methoxy groups -OCH3 is 1.